The number of nitrogens with zero attached hydrogens (tertiary/aromatic N) is 2. The van der Waals surface area contributed by atoms with Gasteiger partial charge in [-0.05, 0) is 61.2 Å². The van der Waals surface area contributed by atoms with Crippen molar-refractivity contribution in [3.05, 3.63) is 89.6 Å². The number of carbonyl (C=O) groups is 2. The molecular formula is C28H27N3O2. The van der Waals surface area contributed by atoms with Gasteiger partial charge in [0, 0.05) is 47.5 Å². The third kappa shape index (κ3) is 4.14. The topological polar surface area (TPSA) is 54.3 Å². The van der Waals surface area contributed by atoms with Gasteiger partial charge >= 0.3 is 0 Å². The van der Waals surface area contributed by atoms with E-state index < -0.39 is 0 Å². The van der Waals surface area contributed by atoms with Crippen LogP contribution in [0.5, 0.6) is 0 Å². The van der Waals surface area contributed by atoms with Gasteiger partial charge in [-0.2, -0.15) is 0 Å². The highest BCUT2D eigenvalue weighted by atomic mass is 16.2. The number of benzene rings is 3. The van der Waals surface area contributed by atoms with Crippen LogP contribution in [-0.4, -0.2) is 34.4 Å². The Bertz CT molecular complexity index is 1360. The van der Waals surface area contributed by atoms with Crippen molar-refractivity contribution in [3.8, 4) is 0 Å². The molecular weight excluding hydrogens is 410 g/mol. The summed E-state index contributed by atoms with van der Waals surface area (Å²) < 4.78 is 2.18. The number of piperidine rings is 1. The van der Waals surface area contributed by atoms with E-state index in [1.54, 1.807) is 18.2 Å². The number of aromatic nitrogens is 1. The highest BCUT2D eigenvalue weighted by Crippen LogP contribution is 2.29. The van der Waals surface area contributed by atoms with E-state index in [1.807, 2.05) is 41.3 Å². The van der Waals surface area contributed by atoms with Crippen LogP contribution in [0, 0.1) is 0 Å². The molecule has 1 aliphatic heterocycles. The molecule has 5 rings (SSSR count). The predicted octanol–water partition coefficient (Wildman–Crippen LogP) is 5.11. The van der Waals surface area contributed by atoms with Crippen molar-refractivity contribution in [2.75, 3.05) is 13.1 Å². The van der Waals surface area contributed by atoms with Gasteiger partial charge in [-0.15, -0.1) is 0 Å². The van der Waals surface area contributed by atoms with E-state index in [0.717, 1.165) is 54.3 Å². The van der Waals surface area contributed by atoms with Crippen LogP contribution in [0.15, 0.2) is 78.5 Å². The smallest absolute Gasteiger partial charge is 0.270 e. The Morgan fingerprint density at radius 1 is 0.818 bits per heavy atom. The van der Waals surface area contributed by atoms with Crippen LogP contribution in [0.4, 0.5) is 0 Å². The van der Waals surface area contributed by atoms with Crippen molar-refractivity contribution in [1.29, 1.82) is 0 Å². The van der Waals surface area contributed by atoms with E-state index in [4.69, 9.17) is 0 Å². The molecule has 1 aliphatic rings. The summed E-state index contributed by atoms with van der Waals surface area (Å²) in [6.07, 6.45) is 4.93. The largest absolute Gasteiger partial charge is 0.344 e. The molecule has 5 nitrogen and oxygen atoms in total. The van der Waals surface area contributed by atoms with E-state index >= 15 is 0 Å². The molecule has 1 saturated heterocycles. The van der Waals surface area contributed by atoms with E-state index in [2.05, 4.69) is 41.2 Å². The standard InChI is InChI=1S/C28H27N3O2/c1-30-25-13-7-6-12-22(25)23-18-20(14-15-26(23)30)19-24(28(33)31-16-8-3-9-17-31)29-27(32)21-10-4-2-5-11-21/h2,4-7,10-15,18-19H,3,8-9,16-17H2,1H3,(H,29,32)/b24-19+. The lowest BCUT2D eigenvalue weighted by Gasteiger charge is -2.27. The number of aryl methyl sites for hydroxylation is 1. The highest BCUT2D eigenvalue weighted by molar-refractivity contribution is 6.09. The maximum atomic E-state index is 13.4. The predicted molar refractivity (Wildman–Crippen MR) is 133 cm³/mol. The monoisotopic (exact) mass is 437 g/mol. The van der Waals surface area contributed by atoms with Crippen LogP contribution in [0.3, 0.4) is 0 Å². The van der Waals surface area contributed by atoms with E-state index in [0.29, 0.717) is 11.3 Å². The molecule has 1 aromatic heterocycles. The zero-order chi connectivity index (χ0) is 22.8. The lowest BCUT2D eigenvalue weighted by Crippen LogP contribution is -2.41. The Hall–Kier alpha value is -3.86. The molecule has 4 aromatic rings. The number of hydrogen-bond donors (Lipinski definition) is 1. The Balaban J connectivity index is 1.55. The molecule has 2 amide bonds. The maximum Gasteiger partial charge on any atom is 0.270 e. The van der Waals surface area contributed by atoms with Gasteiger partial charge in [-0.3, -0.25) is 9.59 Å². The SMILES string of the molecule is Cn1c2ccccc2c2cc(/C=C(/NC(=O)c3ccccc3)C(=O)N3CCCCC3)ccc21. The van der Waals surface area contributed by atoms with E-state index in [-0.39, 0.29) is 11.8 Å². The lowest BCUT2D eigenvalue weighted by atomic mass is 10.1. The second-order valence-electron chi connectivity index (χ2n) is 8.58. The first kappa shape index (κ1) is 21.0. The molecule has 3 aromatic carbocycles. The Kier molecular flexibility index (Phi) is 5.69. The van der Waals surface area contributed by atoms with Crippen LogP contribution in [0.1, 0.15) is 35.2 Å². The van der Waals surface area contributed by atoms with Crippen LogP contribution in [0.2, 0.25) is 0 Å². The molecule has 2 heterocycles. The number of nitrogens with one attached hydrogen (secondary N) is 1. The molecule has 0 atom stereocenters. The van der Waals surface area contributed by atoms with Crippen LogP contribution < -0.4 is 5.32 Å². The molecule has 0 spiro atoms. The van der Waals surface area contributed by atoms with Crippen molar-refractivity contribution < 1.29 is 9.59 Å². The van der Waals surface area contributed by atoms with Crippen LogP contribution in [0.25, 0.3) is 27.9 Å². The summed E-state index contributed by atoms with van der Waals surface area (Å²) in [4.78, 5) is 28.1. The second-order valence-corrected chi connectivity index (χ2v) is 8.58. The molecule has 1 N–H and O–H groups in total. The Morgan fingerprint density at radius 3 is 2.30 bits per heavy atom. The molecule has 0 unspecified atom stereocenters. The summed E-state index contributed by atoms with van der Waals surface area (Å²) in [6, 6.07) is 23.5. The third-order valence-corrected chi connectivity index (χ3v) is 6.41. The fraction of sp³-hybridized carbons (Fsp3) is 0.214. The highest BCUT2D eigenvalue weighted by Gasteiger charge is 2.22. The normalized spacial score (nSPS) is 14.6. The first-order valence-electron chi connectivity index (χ1n) is 11.5. The second kappa shape index (κ2) is 8.94. The number of likely N-dealkylation sites (tertiary alicyclic amines) is 1. The summed E-state index contributed by atoms with van der Waals surface area (Å²) in [5, 5.41) is 5.19. The lowest BCUT2D eigenvalue weighted by molar-refractivity contribution is -0.128. The number of carbonyl (C=O) groups excluding carboxylic acids is 2. The number of para-hydroxylation sites is 1. The first-order valence-corrected chi connectivity index (χ1v) is 11.5. The number of hydrogen-bond acceptors (Lipinski definition) is 2. The fourth-order valence-electron chi connectivity index (χ4n) is 4.64. The minimum Gasteiger partial charge on any atom is -0.344 e. The van der Waals surface area contributed by atoms with Crippen LogP contribution in [-0.2, 0) is 11.8 Å². The number of amides is 2. The molecule has 0 radical (unpaired) electrons. The summed E-state index contributed by atoms with van der Waals surface area (Å²) >= 11 is 0. The summed E-state index contributed by atoms with van der Waals surface area (Å²) in [5.74, 6) is -0.407. The average molecular weight is 438 g/mol. The van der Waals surface area contributed by atoms with Crippen molar-refractivity contribution in [1.82, 2.24) is 14.8 Å². The fourth-order valence-corrected chi connectivity index (χ4v) is 4.64. The van der Waals surface area contributed by atoms with Crippen molar-refractivity contribution in [2.24, 2.45) is 7.05 Å². The quantitative estimate of drug-likeness (QED) is 0.451. The van der Waals surface area contributed by atoms with Gasteiger partial charge in [-0.1, -0.05) is 42.5 Å². The van der Waals surface area contributed by atoms with E-state index in [9.17, 15) is 9.59 Å². The molecule has 0 saturated carbocycles. The van der Waals surface area contributed by atoms with Crippen molar-refractivity contribution in [2.45, 2.75) is 19.3 Å². The average Bonchev–Trinajstić information content (AvgIpc) is 3.16. The zero-order valence-corrected chi connectivity index (χ0v) is 18.8. The molecule has 33 heavy (non-hydrogen) atoms. The maximum absolute atomic E-state index is 13.4. The Morgan fingerprint density at radius 2 is 1.52 bits per heavy atom. The summed E-state index contributed by atoms with van der Waals surface area (Å²) in [7, 11) is 2.06. The summed E-state index contributed by atoms with van der Waals surface area (Å²) in [5.41, 5.74) is 4.01. The zero-order valence-electron chi connectivity index (χ0n) is 18.8. The minimum atomic E-state index is -0.279. The number of fused-ring (bicyclic) bond motifs is 3. The van der Waals surface area contributed by atoms with Crippen molar-refractivity contribution >= 4 is 39.7 Å². The first-order chi connectivity index (χ1) is 16.1. The third-order valence-electron chi connectivity index (χ3n) is 6.41. The van der Waals surface area contributed by atoms with Gasteiger partial charge in [0.05, 0.1) is 0 Å². The van der Waals surface area contributed by atoms with Gasteiger partial charge < -0.3 is 14.8 Å². The van der Waals surface area contributed by atoms with Gasteiger partial charge in [0.25, 0.3) is 11.8 Å². The molecule has 0 aliphatic carbocycles. The van der Waals surface area contributed by atoms with Gasteiger partial charge in [0.1, 0.15) is 5.70 Å². The minimum absolute atomic E-state index is 0.128. The summed E-state index contributed by atoms with van der Waals surface area (Å²) in [6.45, 7) is 1.44. The molecule has 166 valence electrons. The van der Waals surface area contributed by atoms with Gasteiger partial charge in [-0.25, -0.2) is 0 Å². The van der Waals surface area contributed by atoms with Gasteiger partial charge in [0.15, 0.2) is 0 Å². The van der Waals surface area contributed by atoms with Crippen molar-refractivity contribution in [3.63, 3.8) is 0 Å². The molecule has 5 heteroatoms. The molecule has 1 fully saturated rings. The number of rotatable bonds is 4. The van der Waals surface area contributed by atoms with Crippen LogP contribution >= 0.6 is 0 Å². The Labute approximate surface area is 193 Å². The van der Waals surface area contributed by atoms with Gasteiger partial charge in [0.2, 0.25) is 0 Å². The molecule has 0 bridgehead atoms. The van der Waals surface area contributed by atoms with E-state index in [1.165, 1.54) is 5.39 Å².